The molecule has 3 nitrogen and oxygen atoms in total. The monoisotopic (exact) mass is 298 g/mol. The van der Waals surface area contributed by atoms with Crippen LogP contribution in [0.2, 0.25) is 0 Å². The summed E-state index contributed by atoms with van der Waals surface area (Å²) in [5.41, 5.74) is 0.529. The highest BCUT2D eigenvalue weighted by atomic mass is 35.5. The van der Waals surface area contributed by atoms with E-state index in [1.165, 1.54) is 0 Å². The molecule has 110 valence electrons. The predicted molar refractivity (Wildman–Crippen MR) is 80.2 cm³/mol. The van der Waals surface area contributed by atoms with E-state index in [4.69, 9.17) is 0 Å². The maximum Gasteiger partial charge on any atom is 0.236 e. The van der Waals surface area contributed by atoms with Crippen LogP contribution in [-0.4, -0.2) is 19.0 Å². The second kappa shape index (κ2) is 5.01. The molecule has 1 unspecified atom stereocenters. The van der Waals surface area contributed by atoms with Gasteiger partial charge in [0.1, 0.15) is 5.67 Å². The minimum absolute atomic E-state index is 0. The molecular weight excluding hydrogens is 279 g/mol. The fraction of sp³-hybridized carbons (Fsp3) is 0.533. The van der Waals surface area contributed by atoms with Crippen molar-refractivity contribution >= 4 is 24.0 Å². The lowest BCUT2D eigenvalue weighted by Gasteiger charge is -2.32. The lowest BCUT2D eigenvalue weighted by Crippen LogP contribution is -2.48. The third-order valence-electron chi connectivity index (χ3n) is 4.29. The quantitative estimate of drug-likeness (QED) is 0.837. The van der Waals surface area contributed by atoms with Crippen molar-refractivity contribution in [1.29, 1.82) is 0 Å². The van der Waals surface area contributed by atoms with Crippen LogP contribution in [0.25, 0.3) is 0 Å². The molecule has 5 heteroatoms. The fourth-order valence-electron chi connectivity index (χ4n) is 3.11. The summed E-state index contributed by atoms with van der Waals surface area (Å²) >= 11 is 0. The first-order valence-corrected chi connectivity index (χ1v) is 6.80. The van der Waals surface area contributed by atoms with Gasteiger partial charge in [0.25, 0.3) is 0 Å². The average molecular weight is 299 g/mol. The largest absolute Gasteiger partial charge is 0.325 e. The minimum atomic E-state index is -1.38. The Labute approximate surface area is 124 Å². The minimum Gasteiger partial charge on any atom is -0.325 e. The van der Waals surface area contributed by atoms with Crippen LogP contribution >= 0.6 is 12.4 Å². The zero-order valence-corrected chi connectivity index (χ0v) is 12.6. The zero-order chi connectivity index (χ0) is 13.7. The van der Waals surface area contributed by atoms with E-state index in [1.807, 2.05) is 12.1 Å². The summed E-state index contributed by atoms with van der Waals surface area (Å²) in [6.45, 7) is 4.68. The van der Waals surface area contributed by atoms with Crippen LogP contribution in [-0.2, 0) is 15.9 Å². The highest BCUT2D eigenvalue weighted by molar-refractivity contribution is 6.06. The number of hydrogen-bond donors (Lipinski definition) is 2. The van der Waals surface area contributed by atoms with Crippen molar-refractivity contribution in [3.63, 3.8) is 0 Å². The molecule has 1 aromatic rings. The normalized spacial score (nSPS) is 25.1. The summed E-state index contributed by atoms with van der Waals surface area (Å²) < 4.78 is 14.1. The number of carbonyl (C=O) groups is 1. The molecule has 1 amide bonds. The third kappa shape index (κ3) is 2.21. The molecule has 1 aromatic carbocycles. The smallest absolute Gasteiger partial charge is 0.236 e. The maximum atomic E-state index is 14.1. The summed E-state index contributed by atoms with van der Waals surface area (Å²) in [7, 11) is 0. The van der Waals surface area contributed by atoms with Crippen molar-refractivity contribution in [2.75, 3.05) is 18.4 Å². The summed E-state index contributed by atoms with van der Waals surface area (Å²) in [5, 5.41) is 6.23. The van der Waals surface area contributed by atoms with E-state index in [9.17, 15) is 9.18 Å². The first kappa shape index (κ1) is 15.3. The average Bonchev–Trinajstić information content (AvgIpc) is 2.62. The number of fused-ring (bicyclic) bond motifs is 2. The molecule has 2 heterocycles. The van der Waals surface area contributed by atoms with Gasteiger partial charge in [0.15, 0.2) is 0 Å². The van der Waals surface area contributed by atoms with E-state index in [2.05, 4.69) is 10.6 Å². The Morgan fingerprint density at radius 1 is 1.35 bits per heavy atom. The van der Waals surface area contributed by atoms with Crippen LogP contribution in [0.3, 0.4) is 0 Å². The van der Waals surface area contributed by atoms with Crippen molar-refractivity contribution in [2.45, 2.75) is 37.8 Å². The van der Waals surface area contributed by atoms with Crippen LogP contribution < -0.4 is 10.6 Å². The Bertz CT molecular complexity index is 533. The Kier molecular flexibility index (Phi) is 3.82. The van der Waals surface area contributed by atoms with E-state index >= 15 is 0 Å². The molecule has 0 aromatic heterocycles. The molecular formula is C15H20ClFN2O. The molecule has 20 heavy (non-hydrogen) atoms. The van der Waals surface area contributed by atoms with Gasteiger partial charge in [0.05, 0.1) is 5.41 Å². The summed E-state index contributed by atoms with van der Waals surface area (Å²) in [4.78, 5) is 12.3. The van der Waals surface area contributed by atoms with Crippen LogP contribution in [0.5, 0.6) is 0 Å². The molecule has 0 radical (unpaired) electrons. The highest BCUT2D eigenvalue weighted by Gasteiger charge is 2.47. The predicted octanol–water partition coefficient (Wildman–Crippen LogP) is 2.89. The van der Waals surface area contributed by atoms with E-state index in [0.29, 0.717) is 12.1 Å². The second-order valence-corrected chi connectivity index (χ2v) is 6.05. The number of halogens is 2. The number of carbonyl (C=O) groups excluding carboxylic acids is 1. The van der Waals surface area contributed by atoms with Crippen molar-refractivity contribution in [1.82, 2.24) is 5.32 Å². The molecule has 1 spiro atoms. The van der Waals surface area contributed by atoms with E-state index in [1.54, 1.807) is 19.9 Å². The number of piperidine rings is 1. The van der Waals surface area contributed by atoms with Gasteiger partial charge in [-0.1, -0.05) is 6.07 Å². The van der Waals surface area contributed by atoms with Crippen molar-refractivity contribution < 1.29 is 9.18 Å². The number of nitrogens with one attached hydrogen (secondary N) is 2. The molecule has 3 rings (SSSR count). The summed E-state index contributed by atoms with van der Waals surface area (Å²) in [5.74, 6) is 0.0449. The van der Waals surface area contributed by atoms with Gasteiger partial charge in [-0.2, -0.15) is 0 Å². The number of rotatable bonds is 1. The number of amides is 1. The molecule has 1 saturated heterocycles. The summed E-state index contributed by atoms with van der Waals surface area (Å²) in [6.07, 6.45) is 1.80. The summed E-state index contributed by atoms with van der Waals surface area (Å²) in [6, 6.07) is 5.45. The number of anilines is 1. The Balaban J connectivity index is 0.00000147. The van der Waals surface area contributed by atoms with Gasteiger partial charge < -0.3 is 10.6 Å². The molecule has 2 N–H and O–H groups in total. The Morgan fingerprint density at radius 3 is 2.70 bits per heavy atom. The van der Waals surface area contributed by atoms with Crippen LogP contribution in [0.4, 0.5) is 10.1 Å². The van der Waals surface area contributed by atoms with E-state index in [-0.39, 0.29) is 18.3 Å². The molecule has 0 bridgehead atoms. The number of hydrogen-bond acceptors (Lipinski definition) is 2. The van der Waals surface area contributed by atoms with Gasteiger partial charge in [0, 0.05) is 12.2 Å². The molecule has 1 fully saturated rings. The zero-order valence-electron chi connectivity index (χ0n) is 11.8. The first-order chi connectivity index (χ1) is 8.93. The van der Waals surface area contributed by atoms with Crippen LogP contribution in [0.15, 0.2) is 18.2 Å². The molecule has 0 saturated carbocycles. The lowest BCUT2D eigenvalue weighted by atomic mass is 9.75. The Hall–Kier alpha value is -1.13. The van der Waals surface area contributed by atoms with Crippen molar-refractivity contribution in [3.8, 4) is 0 Å². The van der Waals surface area contributed by atoms with Crippen LogP contribution in [0, 0.1) is 0 Å². The van der Waals surface area contributed by atoms with E-state index < -0.39 is 11.1 Å². The molecule has 2 aliphatic rings. The van der Waals surface area contributed by atoms with E-state index in [0.717, 1.165) is 30.6 Å². The molecule has 1 atom stereocenters. The van der Waals surface area contributed by atoms with Gasteiger partial charge in [-0.05, 0) is 56.5 Å². The SMILES string of the molecule is CC(C)(F)c1ccc2c(c1)C1(CCCNC1)C(=O)N2.Cl. The highest BCUT2D eigenvalue weighted by Crippen LogP contribution is 2.43. The van der Waals surface area contributed by atoms with Gasteiger partial charge >= 0.3 is 0 Å². The first-order valence-electron chi connectivity index (χ1n) is 6.80. The van der Waals surface area contributed by atoms with Gasteiger partial charge in [-0.3, -0.25) is 4.79 Å². The van der Waals surface area contributed by atoms with Gasteiger partial charge in [0.2, 0.25) is 5.91 Å². The standard InChI is InChI=1S/C15H19FN2O.ClH/c1-14(2,16)10-4-5-12-11(8-10)15(13(19)18-12)6-3-7-17-9-15;/h4-5,8,17H,3,6-7,9H2,1-2H3,(H,18,19);1H. The fourth-order valence-corrected chi connectivity index (χ4v) is 3.11. The number of benzene rings is 1. The number of alkyl halides is 1. The van der Waals surface area contributed by atoms with Crippen molar-refractivity contribution in [2.24, 2.45) is 0 Å². The van der Waals surface area contributed by atoms with Gasteiger partial charge in [-0.15, -0.1) is 12.4 Å². The second-order valence-electron chi connectivity index (χ2n) is 6.05. The van der Waals surface area contributed by atoms with Crippen molar-refractivity contribution in [3.05, 3.63) is 29.3 Å². The third-order valence-corrected chi connectivity index (χ3v) is 4.29. The Morgan fingerprint density at radius 2 is 2.10 bits per heavy atom. The molecule has 2 aliphatic heterocycles. The lowest BCUT2D eigenvalue weighted by molar-refractivity contribution is -0.121. The molecule has 0 aliphatic carbocycles. The van der Waals surface area contributed by atoms with Crippen LogP contribution in [0.1, 0.15) is 37.8 Å². The maximum absolute atomic E-state index is 14.1. The van der Waals surface area contributed by atoms with Gasteiger partial charge in [-0.25, -0.2) is 4.39 Å². The topological polar surface area (TPSA) is 41.1 Å².